The molecule has 0 aromatic heterocycles. The molecule has 3 aromatic carbocycles. The number of nitrogens with zero attached hydrogens (tertiary/aromatic N) is 1. The van der Waals surface area contributed by atoms with Gasteiger partial charge in [-0.25, -0.2) is 0 Å². The van der Waals surface area contributed by atoms with Crippen molar-refractivity contribution in [2.75, 3.05) is 27.2 Å². The summed E-state index contributed by atoms with van der Waals surface area (Å²) in [6, 6.07) is 28.4. The lowest BCUT2D eigenvalue weighted by atomic mass is 9.87. The maximum absolute atomic E-state index is 5.92. The minimum Gasteiger partial charge on any atom is -0.492 e. The summed E-state index contributed by atoms with van der Waals surface area (Å²) in [7, 11) is 4.12. The molecule has 0 amide bonds. The molecule has 0 heterocycles. The van der Waals surface area contributed by atoms with Crippen LogP contribution in [0.25, 0.3) is 11.1 Å². The van der Waals surface area contributed by atoms with Crippen LogP contribution in [-0.2, 0) is 6.42 Å². The summed E-state index contributed by atoms with van der Waals surface area (Å²) in [4.78, 5) is 2.13. The monoisotopic (exact) mass is 427 g/mol. The van der Waals surface area contributed by atoms with Gasteiger partial charge in [-0.2, -0.15) is 0 Å². The number of likely N-dealkylation sites (N-methyl/N-ethyl adjacent to an activating group) is 1. The smallest absolute Gasteiger partial charge is 0.119 e. The van der Waals surface area contributed by atoms with Crippen LogP contribution < -0.4 is 4.74 Å². The Bertz CT molecular complexity index is 983. The fraction of sp³-hybridized carbons (Fsp3) is 0.333. The number of allylic oxidation sites excluding steroid dienone is 1. The van der Waals surface area contributed by atoms with Crippen LogP contribution in [0.2, 0.25) is 0 Å². The maximum atomic E-state index is 5.92. The molecule has 0 unspecified atom stereocenters. The first-order valence-electron chi connectivity index (χ1n) is 11.7. The van der Waals surface area contributed by atoms with E-state index in [2.05, 4.69) is 119 Å². The summed E-state index contributed by atoms with van der Waals surface area (Å²) in [5, 5.41) is 0. The second kappa shape index (κ2) is 11.7. The van der Waals surface area contributed by atoms with Crippen molar-refractivity contribution in [3.63, 3.8) is 0 Å². The van der Waals surface area contributed by atoms with E-state index in [9.17, 15) is 0 Å². The highest BCUT2D eigenvalue weighted by molar-refractivity contribution is 5.98. The number of rotatable bonds is 10. The zero-order chi connectivity index (χ0) is 22.9. The van der Waals surface area contributed by atoms with Gasteiger partial charge in [-0.1, -0.05) is 87.5 Å². The first kappa shape index (κ1) is 23.8. The lowest BCUT2D eigenvalue weighted by Gasteiger charge is -2.17. The molecular weight excluding hydrogens is 390 g/mol. The lowest BCUT2D eigenvalue weighted by Crippen LogP contribution is -2.19. The van der Waals surface area contributed by atoms with Crippen LogP contribution in [-0.4, -0.2) is 32.1 Å². The topological polar surface area (TPSA) is 12.5 Å². The third kappa shape index (κ3) is 6.58. The van der Waals surface area contributed by atoms with E-state index in [-0.39, 0.29) is 0 Å². The zero-order valence-electron chi connectivity index (χ0n) is 20.3. The SMILES string of the molecule is CCC(=C(c1ccccc1)c1ccc(OCCN(C)C)cc1)c1ccc(CC(C)C)cc1. The van der Waals surface area contributed by atoms with Gasteiger partial charge < -0.3 is 9.64 Å². The van der Waals surface area contributed by atoms with E-state index in [1.54, 1.807) is 0 Å². The van der Waals surface area contributed by atoms with Gasteiger partial charge in [0, 0.05) is 6.54 Å². The second-order valence-electron chi connectivity index (χ2n) is 9.04. The summed E-state index contributed by atoms with van der Waals surface area (Å²) in [5.41, 5.74) is 7.83. The predicted octanol–water partition coefficient (Wildman–Crippen LogP) is 7.19. The Morgan fingerprint density at radius 2 is 1.38 bits per heavy atom. The lowest BCUT2D eigenvalue weighted by molar-refractivity contribution is 0.261. The highest BCUT2D eigenvalue weighted by atomic mass is 16.5. The van der Waals surface area contributed by atoms with E-state index in [0.717, 1.165) is 25.1 Å². The van der Waals surface area contributed by atoms with Crippen LogP contribution in [0.1, 0.15) is 49.4 Å². The molecule has 0 saturated heterocycles. The van der Waals surface area contributed by atoms with Gasteiger partial charge in [0.05, 0.1) is 0 Å². The summed E-state index contributed by atoms with van der Waals surface area (Å²) >= 11 is 0. The normalized spacial score (nSPS) is 12.2. The molecule has 168 valence electrons. The molecule has 0 bridgehead atoms. The molecule has 3 aromatic rings. The Morgan fingerprint density at radius 3 is 1.94 bits per heavy atom. The minimum absolute atomic E-state index is 0.667. The van der Waals surface area contributed by atoms with Gasteiger partial charge >= 0.3 is 0 Å². The number of ether oxygens (including phenoxy) is 1. The average molecular weight is 428 g/mol. The number of hydrogen-bond acceptors (Lipinski definition) is 2. The number of benzene rings is 3. The van der Waals surface area contributed by atoms with E-state index in [4.69, 9.17) is 4.74 Å². The Hall–Kier alpha value is -2.84. The summed E-state index contributed by atoms with van der Waals surface area (Å²) in [5.74, 6) is 1.58. The third-order valence-electron chi connectivity index (χ3n) is 5.61. The minimum atomic E-state index is 0.667. The van der Waals surface area contributed by atoms with Crippen LogP contribution in [0.5, 0.6) is 5.75 Å². The molecule has 3 rings (SSSR count). The molecule has 0 N–H and O–H groups in total. The van der Waals surface area contributed by atoms with Crippen LogP contribution >= 0.6 is 0 Å². The summed E-state index contributed by atoms with van der Waals surface area (Å²) in [6.07, 6.45) is 2.08. The van der Waals surface area contributed by atoms with Gasteiger partial charge in [0.15, 0.2) is 0 Å². The fourth-order valence-electron chi connectivity index (χ4n) is 4.02. The number of hydrogen-bond donors (Lipinski definition) is 0. The van der Waals surface area contributed by atoms with Crippen LogP contribution in [0.4, 0.5) is 0 Å². The summed E-state index contributed by atoms with van der Waals surface area (Å²) < 4.78 is 5.92. The van der Waals surface area contributed by atoms with E-state index in [0.29, 0.717) is 12.5 Å². The molecule has 0 atom stereocenters. The molecular formula is C30H37NO. The Balaban J connectivity index is 1.99. The van der Waals surface area contributed by atoms with Gasteiger partial charge in [0.1, 0.15) is 12.4 Å². The third-order valence-corrected chi connectivity index (χ3v) is 5.61. The first-order valence-corrected chi connectivity index (χ1v) is 11.7. The Labute approximate surface area is 194 Å². The summed E-state index contributed by atoms with van der Waals surface area (Å²) in [6.45, 7) is 8.39. The van der Waals surface area contributed by atoms with Crippen molar-refractivity contribution in [2.45, 2.75) is 33.6 Å². The predicted molar refractivity (Wildman–Crippen MR) is 138 cm³/mol. The van der Waals surface area contributed by atoms with Crippen LogP contribution in [0.15, 0.2) is 78.9 Å². The van der Waals surface area contributed by atoms with Crippen molar-refractivity contribution < 1.29 is 4.74 Å². The van der Waals surface area contributed by atoms with E-state index in [1.165, 1.54) is 33.4 Å². The molecule has 0 aliphatic carbocycles. The van der Waals surface area contributed by atoms with Crippen molar-refractivity contribution in [3.8, 4) is 5.75 Å². The molecule has 0 saturated carbocycles. The maximum Gasteiger partial charge on any atom is 0.119 e. The van der Waals surface area contributed by atoms with E-state index >= 15 is 0 Å². The largest absolute Gasteiger partial charge is 0.492 e. The van der Waals surface area contributed by atoms with E-state index < -0.39 is 0 Å². The van der Waals surface area contributed by atoms with Gasteiger partial charge in [0.25, 0.3) is 0 Å². The molecule has 0 aliphatic heterocycles. The van der Waals surface area contributed by atoms with Crippen molar-refractivity contribution >= 4 is 11.1 Å². The standard InChI is InChI=1S/C30H37NO/c1-6-29(25-14-12-24(13-15-25)22-23(2)3)30(26-10-8-7-9-11-26)27-16-18-28(19-17-27)32-21-20-31(4)5/h7-19,23H,6,20-22H2,1-5H3. The van der Waals surface area contributed by atoms with Gasteiger partial charge in [0.2, 0.25) is 0 Å². The Kier molecular flexibility index (Phi) is 8.70. The van der Waals surface area contributed by atoms with Gasteiger partial charge in [-0.15, -0.1) is 0 Å². The molecule has 2 heteroatoms. The molecule has 0 aliphatic rings. The molecule has 0 spiro atoms. The van der Waals surface area contributed by atoms with Crippen LogP contribution in [0.3, 0.4) is 0 Å². The molecule has 32 heavy (non-hydrogen) atoms. The van der Waals surface area contributed by atoms with Crippen molar-refractivity contribution in [2.24, 2.45) is 5.92 Å². The van der Waals surface area contributed by atoms with E-state index in [1.807, 2.05) is 0 Å². The van der Waals surface area contributed by atoms with Gasteiger partial charge in [-0.3, -0.25) is 0 Å². The first-order chi connectivity index (χ1) is 15.5. The van der Waals surface area contributed by atoms with Crippen LogP contribution in [0, 0.1) is 5.92 Å². The second-order valence-corrected chi connectivity index (χ2v) is 9.04. The van der Waals surface area contributed by atoms with Crippen molar-refractivity contribution in [1.29, 1.82) is 0 Å². The molecule has 0 radical (unpaired) electrons. The molecule has 0 fully saturated rings. The van der Waals surface area contributed by atoms with Gasteiger partial charge in [-0.05, 0) is 78.4 Å². The highest BCUT2D eigenvalue weighted by Crippen LogP contribution is 2.35. The fourth-order valence-corrected chi connectivity index (χ4v) is 4.02. The highest BCUT2D eigenvalue weighted by Gasteiger charge is 2.13. The molecule has 2 nitrogen and oxygen atoms in total. The average Bonchev–Trinajstić information content (AvgIpc) is 2.79. The van der Waals surface area contributed by atoms with Crippen molar-refractivity contribution in [1.82, 2.24) is 4.90 Å². The quantitative estimate of drug-likeness (QED) is 0.317. The van der Waals surface area contributed by atoms with Crippen molar-refractivity contribution in [3.05, 3.63) is 101 Å². The zero-order valence-corrected chi connectivity index (χ0v) is 20.3. The Morgan fingerprint density at radius 1 is 0.781 bits per heavy atom.